The number of carbonyl (C=O) groups excluding carboxylic acids is 1. The van der Waals surface area contributed by atoms with Gasteiger partial charge in [0, 0.05) is 17.8 Å². The summed E-state index contributed by atoms with van der Waals surface area (Å²) in [6.45, 7) is 2.47. The molecular formula is C8H14ClNO. The minimum Gasteiger partial charge on any atom is -0.354 e. The summed E-state index contributed by atoms with van der Waals surface area (Å²) < 4.78 is 0. The molecule has 1 aliphatic rings. The molecule has 11 heavy (non-hydrogen) atoms. The molecule has 64 valence electrons. The summed E-state index contributed by atoms with van der Waals surface area (Å²) in [6, 6.07) is 0. The van der Waals surface area contributed by atoms with Crippen LogP contribution in [-0.4, -0.2) is 17.8 Å². The van der Waals surface area contributed by atoms with Crippen LogP contribution in [-0.2, 0) is 4.79 Å². The van der Waals surface area contributed by atoms with Gasteiger partial charge in [0.2, 0.25) is 5.91 Å². The fraction of sp³-hybridized carbons (Fsp3) is 0.875. The number of carbonyl (C=O) groups is 1. The molecule has 1 atom stereocenters. The summed E-state index contributed by atoms with van der Waals surface area (Å²) in [6.07, 6.45) is 3.32. The third-order valence-electron chi connectivity index (χ3n) is 2.03. The minimum absolute atomic E-state index is 0.0408. The summed E-state index contributed by atoms with van der Waals surface area (Å²) in [5.41, 5.74) is 0. The van der Waals surface area contributed by atoms with Crippen LogP contribution in [0.2, 0.25) is 0 Å². The van der Waals surface area contributed by atoms with Crippen molar-refractivity contribution < 1.29 is 4.79 Å². The summed E-state index contributed by atoms with van der Waals surface area (Å²) >= 11 is 5.67. The molecule has 0 heterocycles. The molecule has 0 radical (unpaired) electrons. The Morgan fingerprint density at radius 3 is 2.73 bits per heavy atom. The first-order chi connectivity index (χ1) is 5.20. The molecule has 1 rings (SSSR count). The van der Waals surface area contributed by atoms with Crippen molar-refractivity contribution in [2.75, 3.05) is 6.54 Å². The lowest BCUT2D eigenvalue weighted by molar-refractivity contribution is -0.127. The van der Waals surface area contributed by atoms with Gasteiger partial charge in [0.05, 0.1) is 0 Å². The maximum Gasteiger partial charge on any atom is 0.223 e. The number of hydrogen-bond acceptors (Lipinski definition) is 1. The van der Waals surface area contributed by atoms with Crippen molar-refractivity contribution in [2.24, 2.45) is 5.92 Å². The van der Waals surface area contributed by atoms with Gasteiger partial charge in [0.25, 0.3) is 0 Å². The van der Waals surface area contributed by atoms with E-state index in [-0.39, 0.29) is 17.2 Å². The highest BCUT2D eigenvalue weighted by Gasteiger charge is 2.24. The molecule has 2 nitrogen and oxygen atoms in total. The Kier molecular flexibility index (Phi) is 3.18. The Morgan fingerprint density at radius 2 is 2.36 bits per heavy atom. The Balaban J connectivity index is 2.10. The van der Waals surface area contributed by atoms with Gasteiger partial charge in [0.1, 0.15) is 0 Å². The van der Waals surface area contributed by atoms with Crippen LogP contribution in [0.3, 0.4) is 0 Å². The van der Waals surface area contributed by atoms with Gasteiger partial charge in [-0.2, -0.15) is 0 Å². The van der Waals surface area contributed by atoms with Crippen LogP contribution in [0.4, 0.5) is 0 Å². The summed E-state index contributed by atoms with van der Waals surface area (Å²) in [4.78, 5) is 11.2. The van der Waals surface area contributed by atoms with E-state index in [0.29, 0.717) is 6.54 Å². The number of halogens is 1. The van der Waals surface area contributed by atoms with E-state index >= 15 is 0 Å². The van der Waals surface area contributed by atoms with Crippen molar-refractivity contribution in [3.8, 4) is 0 Å². The molecule has 0 bridgehead atoms. The lowest BCUT2D eigenvalue weighted by Crippen LogP contribution is -2.36. The zero-order valence-electron chi connectivity index (χ0n) is 6.77. The number of rotatable bonds is 3. The van der Waals surface area contributed by atoms with Crippen LogP contribution >= 0.6 is 11.6 Å². The van der Waals surface area contributed by atoms with Gasteiger partial charge in [-0.25, -0.2) is 0 Å². The Bertz CT molecular complexity index is 143. The highest BCUT2D eigenvalue weighted by Crippen LogP contribution is 2.26. The summed E-state index contributed by atoms with van der Waals surface area (Å²) in [7, 11) is 0. The number of alkyl halides is 1. The van der Waals surface area contributed by atoms with E-state index in [1.54, 1.807) is 0 Å². The van der Waals surface area contributed by atoms with E-state index in [0.717, 1.165) is 12.8 Å². The van der Waals surface area contributed by atoms with E-state index in [1.807, 2.05) is 6.92 Å². The Labute approximate surface area is 72.3 Å². The van der Waals surface area contributed by atoms with Crippen molar-refractivity contribution in [1.82, 2.24) is 5.32 Å². The molecule has 1 saturated carbocycles. The average molecular weight is 176 g/mol. The van der Waals surface area contributed by atoms with Crippen molar-refractivity contribution in [3.63, 3.8) is 0 Å². The van der Waals surface area contributed by atoms with Crippen molar-refractivity contribution in [2.45, 2.75) is 31.6 Å². The van der Waals surface area contributed by atoms with E-state index in [2.05, 4.69) is 5.32 Å². The molecule has 1 N–H and O–H groups in total. The first-order valence-electron chi connectivity index (χ1n) is 4.12. The van der Waals surface area contributed by atoms with Crippen LogP contribution in [0, 0.1) is 5.92 Å². The second-order valence-corrected chi connectivity index (χ2v) is 3.90. The van der Waals surface area contributed by atoms with Gasteiger partial charge >= 0.3 is 0 Å². The van der Waals surface area contributed by atoms with Crippen molar-refractivity contribution in [1.29, 1.82) is 0 Å². The normalized spacial score (nSPS) is 20.5. The van der Waals surface area contributed by atoms with E-state index in [9.17, 15) is 4.79 Å². The van der Waals surface area contributed by atoms with Crippen LogP contribution in [0.25, 0.3) is 0 Å². The molecule has 0 aromatic carbocycles. The average Bonchev–Trinajstić information content (AvgIpc) is 1.79. The first kappa shape index (κ1) is 8.85. The molecule has 0 aromatic heterocycles. The third kappa shape index (κ3) is 2.70. The number of nitrogens with one attached hydrogen (secondary N) is 1. The van der Waals surface area contributed by atoms with E-state index in [1.165, 1.54) is 6.42 Å². The van der Waals surface area contributed by atoms with Gasteiger partial charge in [-0.3, -0.25) is 4.79 Å². The summed E-state index contributed by atoms with van der Waals surface area (Å²) in [5, 5.41) is 2.85. The second kappa shape index (κ2) is 3.96. The zero-order chi connectivity index (χ0) is 8.27. The van der Waals surface area contributed by atoms with Crippen LogP contribution in [0.1, 0.15) is 26.2 Å². The second-order valence-electron chi connectivity index (χ2n) is 3.15. The first-order valence-corrected chi connectivity index (χ1v) is 4.55. The maximum absolute atomic E-state index is 11.2. The largest absolute Gasteiger partial charge is 0.354 e. The minimum atomic E-state index is 0.0408. The standard InChI is InChI=1S/C8H14ClNO/c1-6(9)5-10-8(11)7-3-2-4-7/h6-7H,2-5H2,1H3,(H,10,11). The highest BCUT2D eigenvalue weighted by atomic mass is 35.5. The summed E-state index contributed by atoms with van der Waals surface area (Å²) in [5.74, 6) is 0.467. The molecule has 3 heteroatoms. The fourth-order valence-electron chi connectivity index (χ4n) is 1.06. The predicted octanol–water partition coefficient (Wildman–Crippen LogP) is 1.53. The van der Waals surface area contributed by atoms with Crippen LogP contribution in [0.15, 0.2) is 0 Å². The van der Waals surface area contributed by atoms with Crippen LogP contribution in [0.5, 0.6) is 0 Å². The van der Waals surface area contributed by atoms with Crippen molar-refractivity contribution in [3.05, 3.63) is 0 Å². The SMILES string of the molecule is CC(Cl)CNC(=O)C1CCC1. The Hall–Kier alpha value is -0.240. The van der Waals surface area contributed by atoms with Gasteiger partial charge in [-0.15, -0.1) is 11.6 Å². The molecule has 0 spiro atoms. The molecule has 1 fully saturated rings. The van der Waals surface area contributed by atoms with E-state index in [4.69, 9.17) is 11.6 Å². The topological polar surface area (TPSA) is 29.1 Å². The predicted molar refractivity (Wildman–Crippen MR) is 45.7 cm³/mol. The number of amides is 1. The molecule has 0 aliphatic heterocycles. The lowest BCUT2D eigenvalue weighted by atomic mass is 9.85. The molecule has 1 unspecified atom stereocenters. The van der Waals surface area contributed by atoms with Gasteiger partial charge in [-0.05, 0) is 19.8 Å². The lowest BCUT2D eigenvalue weighted by Gasteiger charge is -2.24. The quantitative estimate of drug-likeness (QED) is 0.648. The smallest absolute Gasteiger partial charge is 0.223 e. The Morgan fingerprint density at radius 1 is 1.73 bits per heavy atom. The van der Waals surface area contributed by atoms with E-state index < -0.39 is 0 Å². The van der Waals surface area contributed by atoms with Gasteiger partial charge in [-0.1, -0.05) is 6.42 Å². The molecule has 1 amide bonds. The van der Waals surface area contributed by atoms with Crippen LogP contribution < -0.4 is 5.32 Å². The maximum atomic E-state index is 11.2. The highest BCUT2D eigenvalue weighted by molar-refractivity contribution is 6.20. The number of hydrogen-bond donors (Lipinski definition) is 1. The monoisotopic (exact) mass is 175 g/mol. The fourth-order valence-corrected chi connectivity index (χ4v) is 1.13. The molecular weight excluding hydrogens is 162 g/mol. The van der Waals surface area contributed by atoms with Gasteiger partial charge in [0.15, 0.2) is 0 Å². The van der Waals surface area contributed by atoms with Crippen molar-refractivity contribution >= 4 is 17.5 Å². The molecule has 0 aromatic rings. The third-order valence-corrected chi connectivity index (χ3v) is 2.19. The molecule has 1 aliphatic carbocycles. The zero-order valence-corrected chi connectivity index (χ0v) is 7.53. The van der Waals surface area contributed by atoms with Gasteiger partial charge < -0.3 is 5.32 Å². The molecule has 0 saturated heterocycles.